The van der Waals surface area contributed by atoms with E-state index in [2.05, 4.69) is 15.3 Å². The van der Waals surface area contributed by atoms with Crippen LogP contribution in [0.15, 0.2) is 36.5 Å². The van der Waals surface area contributed by atoms with Crippen molar-refractivity contribution in [2.45, 2.75) is 32.9 Å². The molecule has 0 saturated heterocycles. The van der Waals surface area contributed by atoms with Crippen molar-refractivity contribution in [1.29, 1.82) is 0 Å². The Morgan fingerprint density at radius 1 is 1.36 bits per heavy atom. The molecule has 0 radical (unpaired) electrons. The molecule has 1 aromatic heterocycles. The van der Waals surface area contributed by atoms with Gasteiger partial charge in [0.05, 0.1) is 24.5 Å². The Hall–Kier alpha value is -1.85. The second-order valence-corrected chi connectivity index (χ2v) is 5.24. The number of benzene rings is 1. The molecule has 0 bridgehead atoms. The molecule has 0 fully saturated rings. The number of carbonyl (C=O) groups is 1. The van der Waals surface area contributed by atoms with E-state index in [1.807, 2.05) is 44.2 Å². The average molecular weight is 323 g/mol. The van der Waals surface area contributed by atoms with Gasteiger partial charge in [-0.3, -0.25) is 4.79 Å². The van der Waals surface area contributed by atoms with Crippen LogP contribution in [-0.2, 0) is 11.3 Å². The second-order valence-electron chi connectivity index (χ2n) is 5.24. The first-order valence-electron chi connectivity index (χ1n) is 7.24. The number of carbonyl (C=O) groups excluding carboxylic acids is 1. The smallest absolute Gasteiger partial charge is 0.237 e. The maximum Gasteiger partial charge on any atom is 0.237 e. The molecule has 2 unspecified atom stereocenters. The van der Waals surface area contributed by atoms with Crippen molar-refractivity contribution < 1.29 is 4.79 Å². The van der Waals surface area contributed by atoms with Crippen molar-refractivity contribution >= 4 is 18.3 Å². The van der Waals surface area contributed by atoms with Crippen molar-refractivity contribution in [3.05, 3.63) is 42.4 Å². The van der Waals surface area contributed by atoms with Gasteiger partial charge in [0.2, 0.25) is 5.91 Å². The number of H-pyrrole nitrogens is 1. The Balaban J connectivity index is 0.00000242. The highest BCUT2D eigenvalue weighted by molar-refractivity contribution is 5.85. The van der Waals surface area contributed by atoms with E-state index in [-0.39, 0.29) is 24.2 Å². The van der Waals surface area contributed by atoms with Crippen LogP contribution in [0.5, 0.6) is 0 Å². The van der Waals surface area contributed by atoms with Gasteiger partial charge in [0.1, 0.15) is 5.82 Å². The summed E-state index contributed by atoms with van der Waals surface area (Å²) in [4.78, 5) is 19.4. The predicted octanol–water partition coefficient (Wildman–Crippen LogP) is 2.49. The zero-order valence-corrected chi connectivity index (χ0v) is 13.7. The van der Waals surface area contributed by atoms with E-state index in [0.717, 1.165) is 23.5 Å². The number of rotatable bonds is 6. The fraction of sp³-hybridized carbons (Fsp3) is 0.375. The summed E-state index contributed by atoms with van der Waals surface area (Å²) in [5.74, 6) is 0.752. The summed E-state index contributed by atoms with van der Waals surface area (Å²) in [7, 11) is 0. The third kappa shape index (κ3) is 4.58. The standard InChI is InChI=1S/C16H22N4O.ClH/c1-3-11(2)15(17)16(21)19-10-14-18-9-13(20-14)12-7-5-4-6-8-12;/h4-9,11,15H,3,10,17H2,1-2H3,(H,18,20)(H,19,21);1H. The quantitative estimate of drug-likeness (QED) is 0.764. The van der Waals surface area contributed by atoms with Crippen molar-refractivity contribution in [2.75, 3.05) is 0 Å². The molecule has 2 aromatic rings. The first kappa shape index (κ1) is 18.2. The number of nitrogens with zero attached hydrogens (tertiary/aromatic N) is 1. The summed E-state index contributed by atoms with van der Waals surface area (Å²) in [5, 5.41) is 2.82. The Labute approximate surface area is 137 Å². The zero-order chi connectivity index (χ0) is 15.2. The minimum atomic E-state index is -0.474. The Morgan fingerprint density at radius 2 is 2.05 bits per heavy atom. The number of hydrogen-bond acceptors (Lipinski definition) is 3. The van der Waals surface area contributed by atoms with Gasteiger partial charge in [-0.2, -0.15) is 0 Å². The molecule has 0 aliphatic rings. The summed E-state index contributed by atoms with van der Waals surface area (Å²) in [6.45, 7) is 4.36. The zero-order valence-electron chi connectivity index (χ0n) is 12.9. The molecule has 1 amide bonds. The summed E-state index contributed by atoms with van der Waals surface area (Å²) in [5.41, 5.74) is 7.89. The van der Waals surface area contributed by atoms with Crippen LogP contribution in [-0.4, -0.2) is 21.9 Å². The van der Waals surface area contributed by atoms with Crippen LogP contribution in [0.25, 0.3) is 11.3 Å². The highest BCUT2D eigenvalue weighted by atomic mass is 35.5. The molecular formula is C16H23ClN4O. The first-order chi connectivity index (χ1) is 10.1. The molecule has 0 saturated carbocycles. The van der Waals surface area contributed by atoms with Crippen LogP contribution in [0.3, 0.4) is 0 Å². The van der Waals surface area contributed by atoms with Crippen LogP contribution < -0.4 is 11.1 Å². The van der Waals surface area contributed by atoms with Gasteiger partial charge in [0, 0.05) is 0 Å². The monoisotopic (exact) mass is 322 g/mol. The first-order valence-corrected chi connectivity index (χ1v) is 7.24. The van der Waals surface area contributed by atoms with Crippen molar-refractivity contribution in [2.24, 2.45) is 11.7 Å². The van der Waals surface area contributed by atoms with Gasteiger partial charge in [-0.25, -0.2) is 4.98 Å². The van der Waals surface area contributed by atoms with Gasteiger partial charge < -0.3 is 16.0 Å². The van der Waals surface area contributed by atoms with Crippen LogP contribution in [0.4, 0.5) is 0 Å². The molecule has 1 aromatic carbocycles. The molecule has 22 heavy (non-hydrogen) atoms. The molecule has 5 nitrogen and oxygen atoms in total. The van der Waals surface area contributed by atoms with Crippen LogP contribution >= 0.6 is 12.4 Å². The molecule has 1 heterocycles. The average Bonchev–Trinajstić information content (AvgIpc) is 3.01. The Bertz CT molecular complexity index is 585. The number of aromatic amines is 1. The molecular weight excluding hydrogens is 300 g/mol. The van der Waals surface area contributed by atoms with Crippen LogP contribution in [0.2, 0.25) is 0 Å². The maximum atomic E-state index is 11.9. The second kappa shape index (κ2) is 8.56. The fourth-order valence-corrected chi connectivity index (χ4v) is 2.02. The Morgan fingerprint density at radius 3 is 2.68 bits per heavy atom. The summed E-state index contributed by atoms with van der Waals surface area (Å²) in [6, 6.07) is 9.46. The lowest BCUT2D eigenvalue weighted by molar-refractivity contribution is -0.123. The van der Waals surface area contributed by atoms with Crippen LogP contribution in [0.1, 0.15) is 26.1 Å². The van der Waals surface area contributed by atoms with Crippen molar-refractivity contribution in [3.8, 4) is 11.3 Å². The molecule has 2 rings (SSSR count). The number of imidazole rings is 1. The molecule has 4 N–H and O–H groups in total. The summed E-state index contributed by atoms with van der Waals surface area (Å²) < 4.78 is 0. The van der Waals surface area contributed by atoms with Crippen molar-refractivity contribution in [3.63, 3.8) is 0 Å². The third-order valence-corrected chi connectivity index (χ3v) is 3.70. The molecule has 6 heteroatoms. The van der Waals surface area contributed by atoms with Gasteiger partial charge in [-0.1, -0.05) is 50.6 Å². The Kier molecular flexibility index (Phi) is 7.08. The molecule has 0 aliphatic heterocycles. The maximum absolute atomic E-state index is 11.9. The van der Waals surface area contributed by atoms with Gasteiger partial charge in [0.15, 0.2) is 0 Å². The lowest BCUT2D eigenvalue weighted by atomic mass is 9.99. The molecule has 120 valence electrons. The highest BCUT2D eigenvalue weighted by Gasteiger charge is 2.19. The van der Waals surface area contributed by atoms with Gasteiger partial charge >= 0.3 is 0 Å². The van der Waals surface area contributed by atoms with E-state index < -0.39 is 6.04 Å². The SMILES string of the molecule is CCC(C)C(N)C(=O)NCc1ncc(-c2ccccc2)[nH]1.Cl. The highest BCUT2D eigenvalue weighted by Crippen LogP contribution is 2.15. The van der Waals surface area contributed by atoms with Gasteiger partial charge in [-0.05, 0) is 11.5 Å². The largest absolute Gasteiger partial charge is 0.348 e. The van der Waals surface area contributed by atoms with E-state index in [1.54, 1.807) is 6.20 Å². The lowest BCUT2D eigenvalue weighted by Gasteiger charge is -2.17. The van der Waals surface area contributed by atoms with E-state index in [1.165, 1.54) is 0 Å². The number of aromatic nitrogens is 2. The van der Waals surface area contributed by atoms with Crippen molar-refractivity contribution in [1.82, 2.24) is 15.3 Å². The predicted molar refractivity (Wildman–Crippen MR) is 90.5 cm³/mol. The van der Waals surface area contributed by atoms with Gasteiger partial charge in [0.25, 0.3) is 0 Å². The fourth-order valence-electron chi connectivity index (χ4n) is 2.02. The normalized spacial score (nSPS) is 13.0. The minimum Gasteiger partial charge on any atom is -0.348 e. The number of nitrogens with one attached hydrogen (secondary N) is 2. The third-order valence-electron chi connectivity index (χ3n) is 3.70. The van der Waals surface area contributed by atoms with E-state index >= 15 is 0 Å². The van der Waals surface area contributed by atoms with E-state index in [4.69, 9.17) is 5.73 Å². The molecule has 0 aliphatic carbocycles. The lowest BCUT2D eigenvalue weighted by Crippen LogP contribution is -2.44. The molecule has 0 spiro atoms. The van der Waals surface area contributed by atoms with Gasteiger partial charge in [-0.15, -0.1) is 12.4 Å². The summed E-state index contributed by atoms with van der Waals surface area (Å²) >= 11 is 0. The minimum absolute atomic E-state index is 0. The van der Waals surface area contributed by atoms with E-state index in [0.29, 0.717) is 6.54 Å². The number of halogens is 1. The number of amides is 1. The number of hydrogen-bond donors (Lipinski definition) is 3. The topological polar surface area (TPSA) is 83.8 Å². The molecule has 2 atom stereocenters. The summed E-state index contributed by atoms with van der Waals surface area (Å²) in [6.07, 6.45) is 2.65. The van der Waals surface area contributed by atoms with Crippen LogP contribution in [0, 0.1) is 5.92 Å². The number of nitrogens with two attached hydrogens (primary N) is 1. The van der Waals surface area contributed by atoms with E-state index in [9.17, 15) is 4.79 Å².